The normalized spacial score (nSPS) is 13.6. The molecule has 3 heterocycles. The van der Waals surface area contributed by atoms with Crippen LogP contribution in [0.2, 0.25) is 0 Å². The van der Waals surface area contributed by atoms with Gasteiger partial charge in [0.05, 0.1) is 16.3 Å². The van der Waals surface area contributed by atoms with E-state index in [2.05, 4.69) is 10.6 Å². The van der Waals surface area contributed by atoms with Crippen LogP contribution in [0.15, 0.2) is 78.9 Å². The van der Waals surface area contributed by atoms with Crippen molar-refractivity contribution < 1.29 is 19.1 Å². The Labute approximate surface area is 205 Å². The molecule has 4 aromatic rings. The monoisotopic (exact) mass is 481 g/mol. The maximum atomic E-state index is 13.1. The molecule has 3 aromatic carbocycles. The fourth-order valence-electron chi connectivity index (χ4n) is 4.27. The number of carbonyl (C=O) groups excluding carboxylic acids is 3. The number of carbonyl (C=O) groups is 3. The number of nitrogens with one attached hydrogen (secondary N) is 2. The van der Waals surface area contributed by atoms with Crippen molar-refractivity contribution in [2.75, 3.05) is 22.1 Å². The fourth-order valence-corrected chi connectivity index (χ4v) is 5.36. The molecule has 0 unspecified atom stereocenters. The number of ether oxygens (including phenoxy) is 1. The molecule has 0 bridgehead atoms. The Hall–Kier alpha value is -4.43. The van der Waals surface area contributed by atoms with Crippen LogP contribution in [0.4, 0.5) is 17.1 Å². The summed E-state index contributed by atoms with van der Waals surface area (Å²) >= 11 is 1.44. The molecule has 3 amide bonds. The molecular formula is C27H19N3O4S. The summed E-state index contributed by atoms with van der Waals surface area (Å²) < 4.78 is 5.79. The summed E-state index contributed by atoms with van der Waals surface area (Å²) in [6, 6.07) is 23.5. The number of thiophene rings is 1. The highest BCUT2D eigenvalue weighted by Gasteiger charge is 2.27. The fraction of sp³-hybridized carbons (Fsp3) is 0.0741. The molecule has 0 atom stereocenters. The molecule has 172 valence electrons. The Kier molecular flexibility index (Phi) is 5.08. The number of fused-ring (bicyclic) bond motifs is 4. The lowest BCUT2D eigenvalue weighted by atomic mass is 10.1. The minimum absolute atomic E-state index is 0.0514. The minimum atomic E-state index is -0.283. The van der Waals surface area contributed by atoms with Crippen molar-refractivity contribution >= 4 is 46.1 Å². The third-order valence-electron chi connectivity index (χ3n) is 5.95. The SMILES string of the molecule is O=C1CN(C(=O)c2ccc(NC(=O)c3cc4c(s3)-c3ccccc3OC4)cc2)c2ccccc2N1. The van der Waals surface area contributed by atoms with Crippen LogP contribution in [0.1, 0.15) is 25.6 Å². The third kappa shape index (κ3) is 3.83. The van der Waals surface area contributed by atoms with Crippen LogP contribution < -0.4 is 20.3 Å². The summed E-state index contributed by atoms with van der Waals surface area (Å²) in [4.78, 5) is 41.2. The first-order valence-electron chi connectivity index (χ1n) is 11.0. The van der Waals surface area contributed by atoms with E-state index in [1.54, 1.807) is 42.5 Å². The average Bonchev–Trinajstić information content (AvgIpc) is 3.33. The van der Waals surface area contributed by atoms with E-state index in [1.165, 1.54) is 16.2 Å². The van der Waals surface area contributed by atoms with E-state index >= 15 is 0 Å². The summed E-state index contributed by atoms with van der Waals surface area (Å²) in [5.41, 5.74) is 4.24. The van der Waals surface area contributed by atoms with Crippen LogP contribution >= 0.6 is 11.3 Å². The lowest BCUT2D eigenvalue weighted by Gasteiger charge is -2.29. The van der Waals surface area contributed by atoms with Crippen molar-refractivity contribution in [2.45, 2.75) is 6.61 Å². The molecule has 0 radical (unpaired) electrons. The highest BCUT2D eigenvalue weighted by Crippen LogP contribution is 2.42. The van der Waals surface area contributed by atoms with Crippen molar-refractivity contribution in [2.24, 2.45) is 0 Å². The molecule has 2 aliphatic heterocycles. The number of nitrogens with zero attached hydrogens (tertiary/aromatic N) is 1. The quantitative estimate of drug-likeness (QED) is 0.423. The largest absolute Gasteiger partial charge is 0.488 e. The standard InChI is InChI=1S/C27H19N3O4S/c31-24-14-30(21-7-3-2-6-20(21)29-24)27(33)16-9-11-18(12-10-16)28-26(32)23-13-17-15-34-22-8-4-1-5-19(22)25(17)35-23/h1-13H,14-15H2,(H,28,32)(H,29,31). The van der Waals surface area contributed by atoms with Crippen molar-refractivity contribution in [1.82, 2.24) is 0 Å². The number of anilines is 3. The molecule has 8 heteroatoms. The first kappa shape index (κ1) is 21.1. The Balaban J connectivity index is 1.19. The number of amides is 3. The number of hydrogen-bond acceptors (Lipinski definition) is 5. The van der Waals surface area contributed by atoms with Gasteiger partial charge < -0.3 is 15.4 Å². The van der Waals surface area contributed by atoms with E-state index in [9.17, 15) is 14.4 Å². The summed E-state index contributed by atoms with van der Waals surface area (Å²) in [6.45, 7) is 0.384. The molecular weight excluding hydrogens is 462 g/mol. The summed E-state index contributed by atoms with van der Waals surface area (Å²) in [5.74, 6) is 0.0767. The molecule has 7 nitrogen and oxygen atoms in total. The molecule has 35 heavy (non-hydrogen) atoms. The van der Waals surface area contributed by atoms with Crippen LogP contribution in [0.3, 0.4) is 0 Å². The van der Waals surface area contributed by atoms with E-state index in [4.69, 9.17) is 4.74 Å². The van der Waals surface area contributed by atoms with Crippen LogP contribution in [0.25, 0.3) is 10.4 Å². The van der Waals surface area contributed by atoms with E-state index in [1.807, 2.05) is 36.4 Å². The Bertz CT molecular complexity index is 1490. The predicted octanol–water partition coefficient (Wildman–Crippen LogP) is 5.16. The van der Waals surface area contributed by atoms with Gasteiger partial charge in [0.2, 0.25) is 5.91 Å². The lowest BCUT2D eigenvalue weighted by molar-refractivity contribution is -0.115. The van der Waals surface area contributed by atoms with Gasteiger partial charge in [-0.15, -0.1) is 11.3 Å². The second-order valence-corrected chi connectivity index (χ2v) is 9.29. The van der Waals surface area contributed by atoms with E-state index < -0.39 is 0 Å². The van der Waals surface area contributed by atoms with E-state index in [0.29, 0.717) is 34.1 Å². The van der Waals surface area contributed by atoms with Gasteiger partial charge in [-0.2, -0.15) is 0 Å². The second kappa shape index (κ2) is 8.41. The third-order valence-corrected chi connectivity index (χ3v) is 7.16. The molecule has 0 spiro atoms. The number of hydrogen-bond donors (Lipinski definition) is 2. The number of benzene rings is 3. The molecule has 0 saturated heterocycles. The molecule has 2 N–H and O–H groups in total. The van der Waals surface area contributed by atoms with Gasteiger partial charge in [-0.25, -0.2) is 0 Å². The molecule has 0 aliphatic carbocycles. The Morgan fingerprint density at radius 2 is 1.74 bits per heavy atom. The summed E-state index contributed by atoms with van der Waals surface area (Å²) in [5, 5.41) is 5.68. The Morgan fingerprint density at radius 1 is 0.971 bits per heavy atom. The van der Waals surface area contributed by atoms with Gasteiger partial charge in [0, 0.05) is 27.3 Å². The highest BCUT2D eigenvalue weighted by molar-refractivity contribution is 7.17. The van der Waals surface area contributed by atoms with Crippen molar-refractivity contribution in [1.29, 1.82) is 0 Å². The second-order valence-electron chi connectivity index (χ2n) is 8.24. The van der Waals surface area contributed by atoms with E-state index in [0.717, 1.165) is 21.8 Å². The molecule has 6 rings (SSSR count). The van der Waals surface area contributed by atoms with Crippen LogP contribution in [-0.2, 0) is 11.4 Å². The molecule has 1 aromatic heterocycles. The minimum Gasteiger partial charge on any atom is -0.488 e. The zero-order valence-electron chi connectivity index (χ0n) is 18.4. The zero-order chi connectivity index (χ0) is 23.9. The maximum Gasteiger partial charge on any atom is 0.265 e. The Morgan fingerprint density at radius 3 is 2.60 bits per heavy atom. The van der Waals surface area contributed by atoms with Crippen molar-refractivity contribution in [3.63, 3.8) is 0 Å². The lowest BCUT2D eigenvalue weighted by Crippen LogP contribution is -2.42. The van der Waals surface area contributed by atoms with Crippen LogP contribution in [0, 0.1) is 0 Å². The van der Waals surface area contributed by atoms with Gasteiger partial charge >= 0.3 is 0 Å². The van der Waals surface area contributed by atoms with Gasteiger partial charge in [0.25, 0.3) is 11.8 Å². The summed E-state index contributed by atoms with van der Waals surface area (Å²) in [7, 11) is 0. The molecule has 0 saturated carbocycles. The van der Waals surface area contributed by atoms with Gasteiger partial charge in [0.1, 0.15) is 18.9 Å². The predicted molar refractivity (Wildman–Crippen MR) is 135 cm³/mol. The van der Waals surface area contributed by atoms with E-state index in [-0.39, 0.29) is 24.3 Å². The summed E-state index contributed by atoms with van der Waals surface area (Å²) in [6.07, 6.45) is 0. The van der Waals surface area contributed by atoms with Crippen LogP contribution in [-0.4, -0.2) is 24.3 Å². The first-order valence-corrected chi connectivity index (χ1v) is 11.9. The maximum absolute atomic E-state index is 13.1. The van der Waals surface area contributed by atoms with Gasteiger partial charge in [0.15, 0.2) is 0 Å². The van der Waals surface area contributed by atoms with Gasteiger partial charge in [-0.05, 0) is 54.6 Å². The van der Waals surface area contributed by atoms with Crippen molar-refractivity contribution in [3.05, 3.63) is 94.9 Å². The topological polar surface area (TPSA) is 87.7 Å². The highest BCUT2D eigenvalue weighted by atomic mass is 32.1. The molecule has 0 fully saturated rings. The van der Waals surface area contributed by atoms with Gasteiger partial charge in [-0.3, -0.25) is 19.3 Å². The number of para-hydroxylation sites is 3. The van der Waals surface area contributed by atoms with Gasteiger partial charge in [-0.1, -0.05) is 24.3 Å². The van der Waals surface area contributed by atoms with Crippen molar-refractivity contribution in [3.8, 4) is 16.2 Å². The van der Waals surface area contributed by atoms with Crippen LogP contribution in [0.5, 0.6) is 5.75 Å². The zero-order valence-corrected chi connectivity index (χ0v) is 19.2. The first-order chi connectivity index (χ1) is 17.1. The average molecular weight is 482 g/mol. The molecule has 2 aliphatic rings. The smallest absolute Gasteiger partial charge is 0.265 e. The number of rotatable bonds is 3.